The van der Waals surface area contributed by atoms with Crippen molar-refractivity contribution in [1.29, 1.82) is 0 Å². The lowest BCUT2D eigenvalue weighted by molar-refractivity contribution is 0.0159. The summed E-state index contributed by atoms with van der Waals surface area (Å²) in [7, 11) is 0. The minimum Gasteiger partial charge on any atom is -0.374 e. The Morgan fingerprint density at radius 2 is 2.12 bits per heavy atom. The lowest BCUT2D eigenvalue weighted by Gasteiger charge is -2.34. The van der Waals surface area contributed by atoms with Crippen molar-refractivity contribution in [2.45, 2.75) is 57.1 Å². The van der Waals surface area contributed by atoms with E-state index in [1.807, 2.05) is 0 Å². The second-order valence-electron chi connectivity index (χ2n) is 5.67. The fourth-order valence-electron chi connectivity index (χ4n) is 3.08. The molecular weight excluding hydrogens is 200 g/mol. The van der Waals surface area contributed by atoms with Crippen LogP contribution in [0.5, 0.6) is 0 Å². The molecule has 1 saturated heterocycles. The van der Waals surface area contributed by atoms with Gasteiger partial charge < -0.3 is 15.8 Å². The molecule has 3 atom stereocenters. The van der Waals surface area contributed by atoms with Gasteiger partial charge in [-0.3, -0.25) is 0 Å². The van der Waals surface area contributed by atoms with E-state index in [9.17, 15) is 0 Å². The van der Waals surface area contributed by atoms with E-state index in [2.05, 4.69) is 12.2 Å². The van der Waals surface area contributed by atoms with Gasteiger partial charge in [0.15, 0.2) is 0 Å². The smallest absolute Gasteiger partial charge is 0.0779 e. The van der Waals surface area contributed by atoms with Gasteiger partial charge in [-0.15, -0.1) is 0 Å². The molecular formula is C13H26N2O. The highest BCUT2D eigenvalue weighted by Gasteiger charge is 2.32. The molecule has 1 aliphatic heterocycles. The number of ether oxygens (including phenoxy) is 1. The Labute approximate surface area is 99.1 Å². The Kier molecular flexibility index (Phi) is 4.22. The first kappa shape index (κ1) is 12.3. The van der Waals surface area contributed by atoms with Crippen LogP contribution in [0.4, 0.5) is 0 Å². The van der Waals surface area contributed by atoms with E-state index in [1.54, 1.807) is 0 Å². The van der Waals surface area contributed by atoms with Crippen molar-refractivity contribution in [3.8, 4) is 0 Å². The summed E-state index contributed by atoms with van der Waals surface area (Å²) in [6.45, 7) is 4.99. The fraction of sp³-hybridized carbons (Fsp3) is 1.00. The van der Waals surface area contributed by atoms with Crippen molar-refractivity contribution < 1.29 is 4.74 Å². The maximum atomic E-state index is 5.84. The van der Waals surface area contributed by atoms with Crippen LogP contribution in [0.3, 0.4) is 0 Å². The Bertz CT molecular complexity index is 214. The van der Waals surface area contributed by atoms with Gasteiger partial charge in [-0.25, -0.2) is 0 Å². The van der Waals surface area contributed by atoms with Gasteiger partial charge in [0.2, 0.25) is 0 Å². The SMILES string of the molecule is CC1(CNC2CCCCC2CN)CCCO1. The third-order valence-electron chi connectivity index (χ3n) is 4.25. The summed E-state index contributed by atoms with van der Waals surface area (Å²) < 4.78 is 5.81. The van der Waals surface area contributed by atoms with Crippen molar-refractivity contribution in [2.24, 2.45) is 11.7 Å². The van der Waals surface area contributed by atoms with Gasteiger partial charge in [-0.1, -0.05) is 12.8 Å². The maximum Gasteiger partial charge on any atom is 0.0779 e. The molecule has 0 aromatic carbocycles. The van der Waals surface area contributed by atoms with Gasteiger partial charge in [0.1, 0.15) is 0 Å². The molecule has 3 heteroatoms. The number of rotatable bonds is 4. The molecule has 2 rings (SSSR count). The molecule has 1 heterocycles. The van der Waals surface area contributed by atoms with Crippen LogP contribution >= 0.6 is 0 Å². The van der Waals surface area contributed by atoms with Crippen LogP contribution in [0.2, 0.25) is 0 Å². The predicted molar refractivity (Wildman–Crippen MR) is 66.4 cm³/mol. The van der Waals surface area contributed by atoms with Crippen LogP contribution in [-0.4, -0.2) is 31.3 Å². The average Bonchev–Trinajstić information content (AvgIpc) is 2.74. The molecule has 3 nitrogen and oxygen atoms in total. The van der Waals surface area contributed by atoms with E-state index in [0.717, 1.165) is 19.7 Å². The summed E-state index contributed by atoms with van der Waals surface area (Å²) in [4.78, 5) is 0. The lowest BCUT2D eigenvalue weighted by atomic mass is 9.84. The van der Waals surface area contributed by atoms with Crippen molar-refractivity contribution in [3.63, 3.8) is 0 Å². The monoisotopic (exact) mass is 226 g/mol. The van der Waals surface area contributed by atoms with Gasteiger partial charge in [0.25, 0.3) is 0 Å². The van der Waals surface area contributed by atoms with E-state index in [0.29, 0.717) is 12.0 Å². The summed E-state index contributed by atoms with van der Waals surface area (Å²) >= 11 is 0. The molecule has 1 aliphatic carbocycles. The summed E-state index contributed by atoms with van der Waals surface area (Å²) in [6, 6.07) is 0.625. The minimum absolute atomic E-state index is 0.0800. The normalized spacial score (nSPS) is 40.1. The number of hydrogen-bond donors (Lipinski definition) is 2. The molecule has 0 amide bonds. The quantitative estimate of drug-likeness (QED) is 0.766. The molecule has 16 heavy (non-hydrogen) atoms. The Balaban J connectivity index is 1.79. The maximum absolute atomic E-state index is 5.84. The van der Waals surface area contributed by atoms with E-state index < -0.39 is 0 Å². The predicted octanol–water partition coefficient (Wildman–Crippen LogP) is 1.66. The Morgan fingerprint density at radius 1 is 1.31 bits per heavy atom. The van der Waals surface area contributed by atoms with Crippen LogP contribution in [0.15, 0.2) is 0 Å². The Morgan fingerprint density at radius 3 is 2.81 bits per heavy atom. The molecule has 2 fully saturated rings. The number of nitrogens with two attached hydrogens (primary N) is 1. The van der Waals surface area contributed by atoms with Gasteiger partial charge in [0, 0.05) is 19.2 Å². The highest BCUT2D eigenvalue weighted by molar-refractivity contribution is 4.87. The summed E-state index contributed by atoms with van der Waals surface area (Å²) in [5.41, 5.74) is 5.92. The lowest BCUT2D eigenvalue weighted by Crippen LogP contribution is -2.47. The van der Waals surface area contributed by atoms with Crippen LogP contribution in [0.25, 0.3) is 0 Å². The van der Waals surface area contributed by atoms with Crippen LogP contribution in [-0.2, 0) is 4.74 Å². The topological polar surface area (TPSA) is 47.3 Å². The molecule has 2 aliphatic rings. The second kappa shape index (κ2) is 5.48. The van der Waals surface area contributed by atoms with Crippen LogP contribution in [0, 0.1) is 5.92 Å². The van der Waals surface area contributed by atoms with Crippen molar-refractivity contribution in [3.05, 3.63) is 0 Å². The standard InChI is InChI=1S/C13H26N2O/c1-13(7-4-8-16-13)10-15-12-6-3-2-5-11(12)9-14/h11-12,15H,2-10,14H2,1H3. The van der Waals surface area contributed by atoms with E-state index in [4.69, 9.17) is 10.5 Å². The molecule has 0 bridgehead atoms. The molecule has 1 saturated carbocycles. The number of nitrogens with one attached hydrogen (secondary N) is 1. The first-order chi connectivity index (χ1) is 7.73. The molecule has 0 aromatic rings. The average molecular weight is 226 g/mol. The molecule has 3 unspecified atom stereocenters. The summed E-state index contributed by atoms with van der Waals surface area (Å²) in [5.74, 6) is 0.679. The summed E-state index contributed by atoms with van der Waals surface area (Å²) in [5, 5.41) is 3.70. The molecule has 3 N–H and O–H groups in total. The fourth-order valence-corrected chi connectivity index (χ4v) is 3.08. The Hall–Kier alpha value is -0.120. The third-order valence-corrected chi connectivity index (χ3v) is 4.25. The zero-order valence-electron chi connectivity index (χ0n) is 10.5. The van der Waals surface area contributed by atoms with E-state index >= 15 is 0 Å². The highest BCUT2D eigenvalue weighted by atomic mass is 16.5. The first-order valence-electron chi connectivity index (χ1n) is 6.81. The van der Waals surface area contributed by atoms with Crippen molar-refractivity contribution in [1.82, 2.24) is 5.32 Å². The van der Waals surface area contributed by atoms with Gasteiger partial charge >= 0.3 is 0 Å². The highest BCUT2D eigenvalue weighted by Crippen LogP contribution is 2.27. The van der Waals surface area contributed by atoms with Gasteiger partial charge in [-0.05, 0) is 45.1 Å². The van der Waals surface area contributed by atoms with E-state index in [-0.39, 0.29) is 5.60 Å². The minimum atomic E-state index is 0.0800. The zero-order chi connectivity index (χ0) is 11.4. The molecule has 0 aromatic heterocycles. The zero-order valence-corrected chi connectivity index (χ0v) is 10.5. The number of hydrogen-bond acceptors (Lipinski definition) is 3. The van der Waals surface area contributed by atoms with Crippen molar-refractivity contribution in [2.75, 3.05) is 19.7 Å². The van der Waals surface area contributed by atoms with Gasteiger partial charge in [-0.2, -0.15) is 0 Å². The van der Waals surface area contributed by atoms with Crippen molar-refractivity contribution >= 4 is 0 Å². The molecule has 94 valence electrons. The van der Waals surface area contributed by atoms with Crippen LogP contribution < -0.4 is 11.1 Å². The summed E-state index contributed by atoms with van der Waals surface area (Å²) in [6.07, 6.45) is 7.70. The molecule has 0 spiro atoms. The largest absolute Gasteiger partial charge is 0.374 e. The third kappa shape index (κ3) is 2.96. The van der Waals surface area contributed by atoms with Crippen LogP contribution in [0.1, 0.15) is 45.4 Å². The van der Waals surface area contributed by atoms with E-state index in [1.165, 1.54) is 38.5 Å². The first-order valence-corrected chi connectivity index (χ1v) is 6.81. The van der Waals surface area contributed by atoms with Gasteiger partial charge in [0.05, 0.1) is 5.60 Å². The second-order valence-corrected chi connectivity index (χ2v) is 5.67. The molecule has 0 radical (unpaired) electrons.